The number of hydrogen-bond donors (Lipinski definition) is 1. The summed E-state index contributed by atoms with van der Waals surface area (Å²) in [6.45, 7) is -0.121. The van der Waals surface area contributed by atoms with Crippen molar-refractivity contribution >= 4 is 51.0 Å². The van der Waals surface area contributed by atoms with Crippen LogP contribution in [0.5, 0.6) is 5.75 Å². The van der Waals surface area contributed by atoms with Crippen LogP contribution in [-0.4, -0.2) is 27.1 Å². The van der Waals surface area contributed by atoms with Crippen molar-refractivity contribution < 1.29 is 17.9 Å². The summed E-state index contributed by atoms with van der Waals surface area (Å²) in [5.74, 6) is 0.0386. The molecule has 0 fully saturated rings. The molecular weight excluding hydrogens is 545 g/mol. The Bertz CT molecular complexity index is 1530. The van der Waals surface area contributed by atoms with Gasteiger partial charge in [0.05, 0.1) is 16.8 Å². The monoisotopic (exact) mass is 567 g/mol. The number of halogens is 2. The lowest BCUT2D eigenvalue weighted by atomic mass is 10.2. The van der Waals surface area contributed by atoms with E-state index in [1.165, 1.54) is 24.4 Å². The highest BCUT2D eigenvalue weighted by Gasteiger charge is 2.27. The number of ether oxygens (including phenoxy) is 1. The van der Waals surface area contributed by atoms with Crippen LogP contribution < -0.4 is 14.5 Å². The first-order chi connectivity index (χ1) is 18.3. The predicted molar refractivity (Wildman–Crippen MR) is 150 cm³/mol. The third kappa shape index (κ3) is 7.35. The number of rotatable bonds is 10. The molecule has 0 saturated heterocycles. The van der Waals surface area contributed by atoms with Crippen LogP contribution in [0, 0.1) is 0 Å². The molecule has 194 valence electrons. The highest BCUT2D eigenvalue weighted by atomic mass is 35.5. The molecule has 0 radical (unpaired) electrons. The Kier molecular flexibility index (Phi) is 9.02. The summed E-state index contributed by atoms with van der Waals surface area (Å²) in [5, 5.41) is 4.95. The minimum Gasteiger partial charge on any atom is -0.489 e. The average molecular weight is 568 g/mol. The van der Waals surface area contributed by atoms with E-state index in [2.05, 4.69) is 10.5 Å². The number of sulfonamides is 1. The molecule has 0 aliphatic rings. The van der Waals surface area contributed by atoms with E-state index in [0.29, 0.717) is 28.0 Å². The minimum absolute atomic E-state index is 0.0500. The van der Waals surface area contributed by atoms with E-state index < -0.39 is 22.5 Å². The van der Waals surface area contributed by atoms with Gasteiger partial charge >= 0.3 is 0 Å². The SMILES string of the molecule is O=C(CN(c1cccc(Cl)c1)S(=O)(=O)c1ccccc1)N/N=C\c1ccc(OCc2cccc(Cl)c2)cc1. The van der Waals surface area contributed by atoms with E-state index in [4.69, 9.17) is 27.9 Å². The highest BCUT2D eigenvalue weighted by molar-refractivity contribution is 7.92. The summed E-state index contributed by atoms with van der Waals surface area (Å²) in [6.07, 6.45) is 1.45. The average Bonchev–Trinajstić information content (AvgIpc) is 2.92. The molecule has 4 aromatic rings. The summed E-state index contributed by atoms with van der Waals surface area (Å²) in [4.78, 5) is 12.7. The Morgan fingerprint density at radius 1 is 0.868 bits per heavy atom. The number of anilines is 1. The van der Waals surface area contributed by atoms with Crippen LogP contribution in [0.25, 0.3) is 0 Å². The zero-order valence-corrected chi connectivity index (χ0v) is 22.3. The predicted octanol–water partition coefficient (Wildman–Crippen LogP) is 5.92. The number of carbonyl (C=O) groups is 1. The Morgan fingerprint density at radius 2 is 1.55 bits per heavy atom. The van der Waals surface area contributed by atoms with Gasteiger partial charge in [0.2, 0.25) is 0 Å². The van der Waals surface area contributed by atoms with Gasteiger partial charge in [-0.1, -0.05) is 59.6 Å². The van der Waals surface area contributed by atoms with E-state index >= 15 is 0 Å². The van der Waals surface area contributed by atoms with E-state index in [0.717, 1.165) is 9.87 Å². The van der Waals surface area contributed by atoms with E-state index in [-0.39, 0.29) is 10.6 Å². The Morgan fingerprint density at radius 3 is 2.24 bits per heavy atom. The second-order valence-electron chi connectivity index (χ2n) is 8.09. The van der Waals surface area contributed by atoms with Crippen LogP contribution in [0.1, 0.15) is 11.1 Å². The molecule has 38 heavy (non-hydrogen) atoms. The molecule has 4 aromatic carbocycles. The molecule has 1 N–H and O–H groups in total. The van der Waals surface area contributed by atoms with Gasteiger partial charge in [0.15, 0.2) is 0 Å². The molecule has 0 saturated carbocycles. The lowest BCUT2D eigenvalue weighted by Crippen LogP contribution is -2.39. The number of benzene rings is 4. The van der Waals surface area contributed by atoms with Gasteiger partial charge in [-0.25, -0.2) is 13.8 Å². The Hall–Kier alpha value is -3.85. The molecule has 0 aliphatic carbocycles. The maximum absolute atomic E-state index is 13.3. The molecule has 0 unspecified atom stereocenters. The fourth-order valence-corrected chi connectivity index (χ4v) is 5.29. The second kappa shape index (κ2) is 12.6. The molecule has 0 spiro atoms. The van der Waals surface area contributed by atoms with Crippen molar-refractivity contribution in [1.29, 1.82) is 0 Å². The third-order valence-corrected chi connectivity index (χ3v) is 7.55. The fraction of sp³-hybridized carbons (Fsp3) is 0.0714. The summed E-state index contributed by atoms with van der Waals surface area (Å²) in [6, 6.07) is 28.7. The fourth-order valence-electron chi connectivity index (χ4n) is 3.45. The van der Waals surface area contributed by atoms with Gasteiger partial charge in [-0.3, -0.25) is 9.10 Å². The number of amides is 1. The standard InChI is InChI=1S/C28H23Cl2N3O4S/c29-23-7-4-6-22(16-23)20-37-26-14-12-21(13-15-26)18-31-32-28(34)19-33(25-9-5-8-24(30)17-25)38(35,36)27-10-2-1-3-11-27/h1-18H,19-20H2,(H,32,34)/b31-18-. The van der Waals surface area contributed by atoms with Gasteiger partial charge in [-0.2, -0.15) is 5.10 Å². The maximum atomic E-state index is 13.3. The quantitative estimate of drug-likeness (QED) is 0.190. The van der Waals surface area contributed by atoms with E-state index in [9.17, 15) is 13.2 Å². The number of carbonyl (C=O) groups excluding carboxylic acids is 1. The van der Waals surface area contributed by atoms with Crippen molar-refractivity contribution in [2.75, 3.05) is 10.8 Å². The third-order valence-electron chi connectivity index (χ3n) is 5.29. The normalized spacial score (nSPS) is 11.3. The van der Waals surface area contributed by atoms with Crippen LogP contribution in [-0.2, 0) is 21.4 Å². The van der Waals surface area contributed by atoms with Crippen molar-refractivity contribution in [2.24, 2.45) is 5.10 Å². The maximum Gasteiger partial charge on any atom is 0.264 e. The summed E-state index contributed by atoms with van der Waals surface area (Å²) >= 11 is 12.1. The Balaban J connectivity index is 1.39. The largest absolute Gasteiger partial charge is 0.489 e. The summed E-state index contributed by atoms with van der Waals surface area (Å²) in [5.41, 5.74) is 4.30. The molecule has 0 atom stereocenters. The van der Waals surface area contributed by atoms with Gasteiger partial charge in [0.1, 0.15) is 18.9 Å². The molecule has 4 rings (SSSR count). The van der Waals surface area contributed by atoms with Crippen molar-refractivity contribution in [3.8, 4) is 5.75 Å². The number of hydrazone groups is 1. The smallest absolute Gasteiger partial charge is 0.264 e. The first kappa shape index (κ1) is 27.2. The first-order valence-electron chi connectivity index (χ1n) is 11.4. The second-order valence-corrected chi connectivity index (χ2v) is 10.8. The first-order valence-corrected chi connectivity index (χ1v) is 13.6. The molecule has 1 amide bonds. The Labute approximate surface area is 231 Å². The number of nitrogens with zero attached hydrogens (tertiary/aromatic N) is 2. The highest BCUT2D eigenvalue weighted by Crippen LogP contribution is 2.26. The zero-order chi connectivity index (χ0) is 27.0. The molecular formula is C28H23Cl2N3O4S. The minimum atomic E-state index is -4.04. The molecule has 0 aromatic heterocycles. The summed E-state index contributed by atoms with van der Waals surface area (Å²) in [7, 11) is -4.04. The van der Waals surface area contributed by atoms with Crippen LogP contribution in [0.3, 0.4) is 0 Å². The van der Waals surface area contributed by atoms with Crippen LogP contribution >= 0.6 is 23.2 Å². The number of nitrogens with one attached hydrogen (secondary N) is 1. The molecule has 10 heteroatoms. The zero-order valence-electron chi connectivity index (χ0n) is 20.0. The molecule has 0 aliphatic heterocycles. The van der Waals surface area contributed by atoms with Crippen molar-refractivity contribution in [3.63, 3.8) is 0 Å². The molecule has 0 bridgehead atoms. The van der Waals surface area contributed by atoms with Crippen molar-refractivity contribution in [3.05, 3.63) is 124 Å². The van der Waals surface area contributed by atoms with Gasteiger partial charge in [-0.15, -0.1) is 0 Å². The molecule has 7 nitrogen and oxygen atoms in total. The topological polar surface area (TPSA) is 88.1 Å². The van der Waals surface area contributed by atoms with Crippen molar-refractivity contribution in [2.45, 2.75) is 11.5 Å². The lowest BCUT2D eigenvalue weighted by Gasteiger charge is -2.23. The van der Waals surface area contributed by atoms with Crippen molar-refractivity contribution in [1.82, 2.24) is 5.43 Å². The summed E-state index contributed by atoms with van der Waals surface area (Å²) < 4.78 is 33.4. The number of hydrogen-bond acceptors (Lipinski definition) is 5. The van der Waals surface area contributed by atoms with E-state index in [1.807, 2.05) is 18.2 Å². The van der Waals surface area contributed by atoms with Crippen LogP contribution in [0.4, 0.5) is 5.69 Å². The van der Waals surface area contributed by atoms with Gasteiger partial charge < -0.3 is 4.74 Å². The van der Waals surface area contributed by atoms with Crippen LogP contribution in [0.2, 0.25) is 10.0 Å². The van der Waals surface area contributed by atoms with Gasteiger partial charge in [-0.05, 0) is 77.9 Å². The van der Waals surface area contributed by atoms with Gasteiger partial charge in [0.25, 0.3) is 15.9 Å². The van der Waals surface area contributed by atoms with Crippen LogP contribution in [0.15, 0.2) is 113 Å². The molecule has 0 heterocycles. The lowest BCUT2D eigenvalue weighted by molar-refractivity contribution is -0.119. The van der Waals surface area contributed by atoms with Gasteiger partial charge in [0, 0.05) is 10.0 Å². The van der Waals surface area contributed by atoms with E-state index in [1.54, 1.807) is 66.7 Å².